The maximum Gasteiger partial charge on any atom is 0.262 e. The van der Waals surface area contributed by atoms with Gasteiger partial charge in [0.1, 0.15) is 10.7 Å². The number of aromatic nitrogens is 4. The fraction of sp³-hybridized carbons (Fsp3) is 0.333. The Kier molecular flexibility index (Phi) is 5.61. The average Bonchev–Trinajstić information content (AvgIpc) is 3.38. The van der Waals surface area contributed by atoms with E-state index in [4.69, 9.17) is 0 Å². The van der Waals surface area contributed by atoms with Crippen molar-refractivity contribution in [3.05, 3.63) is 75.2 Å². The Morgan fingerprint density at radius 1 is 1.12 bits per heavy atom. The number of imidazole rings is 1. The highest BCUT2D eigenvalue weighted by molar-refractivity contribution is 7.18. The van der Waals surface area contributed by atoms with Crippen LogP contribution in [-0.2, 0) is 30.7 Å². The molecule has 1 aliphatic carbocycles. The molecule has 0 spiro atoms. The van der Waals surface area contributed by atoms with E-state index in [1.165, 1.54) is 16.9 Å². The minimum absolute atomic E-state index is 0.0265. The first-order chi connectivity index (χ1) is 15.6. The van der Waals surface area contributed by atoms with Crippen molar-refractivity contribution in [1.82, 2.24) is 19.1 Å². The van der Waals surface area contributed by atoms with E-state index in [2.05, 4.69) is 19.9 Å². The molecule has 32 heavy (non-hydrogen) atoms. The molecule has 0 unspecified atom stereocenters. The molecule has 8 heteroatoms. The molecule has 0 saturated heterocycles. The molecule has 3 aromatic heterocycles. The smallest absolute Gasteiger partial charge is 0.262 e. The SMILES string of the molecule is Cc1nccn1Cc1ccc(NC(=O)CCn2cnc3sc4c(c3c2=O)CCCC4)cc1. The maximum atomic E-state index is 13.0. The van der Waals surface area contributed by atoms with Crippen molar-refractivity contribution in [2.24, 2.45) is 0 Å². The zero-order valence-electron chi connectivity index (χ0n) is 18.0. The van der Waals surface area contributed by atoms with Crippen molar-refractivity contribution in [3.8, 4) is 0 Å². The average molecular weight is 448 g/mol. The highest BCUT2D eigenvalue weighted by Gasteiger charge is 2.20. The van der Waals surface area contributed by atoms with Gasteiger partial charge < -0.3 is 9.88 Å². The zero-order chi connectivity index (χ0) is 22.1. The minimum Gasteiger partial charge on any atom is -0.331 e. The lowest BCUT2D eigenvalue weighted by atomic mass is 9.97. The molecule has 1 aromatic carbocycles. The number of nitrogens with one attached hydrogen (secondary N) is 1. The van der Waals surface area contributed by atoms with Crippen molar-refractivity contribution in [2.45, 2.75) is 52.1 Å². The molecular formula is C24H25N5O2S. The van der Waals surface area contributed by atoms with Crippen molar-refractivity contribution in [2.75, 3.05) is 5.32 Å². The first kappa shape index (κ1) is 20.6. The molecule has 0 atom stereocenters. The molecule has 1 amide bonds. The summed E-state index contributed by atoms with van der Waals surface area (Å²) in [4.78, 5) is 36.4. The van der Waals surface area contributed by atoms with Gasteiger partial charge in [0.05, 0.1) is 11.7 Å². The number of amides is 1. The molecule has 0 saturated carbocycles. The number of carbonyl (C=O) groups excluding carboxylic acids is 1. The van der Waals surface area contributed by atoms with Gasteiger partial charge >= 0.3 is 0 Å². The zero-order valence-corrected chi connectivity index (χ0v) is 18.8. The number of hydrogen-bond donors (Lipinski definition) is 1. The third-order valence-corrected chi connectivity index (χ3v) is 7.24. The van der Waals surface area contributed by atoms with E-state index in [1.807, 2.05) is 37.4 Å². The van der Waals surface area contributed by atoms with Crippen LogP contribution in [0.4, 0.5) is 5.69 Å². The van der Waals surface area contributed by atoms with Gasteiger partial charge in [-0.1, -0.05) is 12.1 Å². The maximum absolute atomic E-state index is 13.0. The van der Waals surface area contributed by atoms with Gasteiger partial charge in [-0.3, -0.25) is 14.2 Å². The lowest BCUT2D eigenvalue weighted by Gasteiger charge is -2.11. The van der Waals surface area contributed by atoms with Crippen LogP contribution >= 0.6 is 11.3 Å². The summed E-state index contributed by atoms with van der Waals surface area (Å²) in [5.41, 5.74) is 3.03. The molecule has 0 fully saturated rings. The molecule has 0 radical (unpaired) electrons. The second-order valence-corrected chi connectivity index (χ2v) is 9.32. The number of fused-ring (bicyclic) bond motifs is 3. The number of anilines is 1. The van der Waals surface area contributed by atoms with Crippen molar-refractivity contribution >= 4 is 33.1 Å². The topological polar surface area (TPSA) is 81.8 Å². The third kappa shape index (κ3) is 4.10. The quantitative estimate of drug-likeness (QED) is 0.486. The van der Waals surface area contributed by atoms with E-state index in [-0.39, 0.29) is 17.9 Å². The van der Waals surface area contributed by atoms with Crippen LogP contribution in [0.2, 0.25) is 0 Å². The Balaban J connectivity index is 1.22. The van der Waals surface area contributed by atoms with Gasteiger partial charge in [0, 0.05) is 42.5 Å². The summed E-state index contributed by atoms with van der Waals surface area (Å²) >= 11 is 1.64. The van der Waals surface area contributed by atoms with Gasteiger partial charge in [0.25, 0.3) is 5.56 Å². The molecule has 7 nitrogen and oxygen atoms in total. The van der Waals surface area contributed by atoms with Crippen molar-refractivity contribution in [1.29, 1.82) is 0 Å². The first-order valence-electron chi connectivity index (χ1n) is 10.9. The van der Waals surface area contributed by atoms with Crippen LogP contribution in [0.5, 0.6) is 0 Å². The Morgan fingerprint density at radius 3 is 2.72 bits per heavy atom. The third-order valence-electron chi connectivity index (χ3n) is 6.04. The van der Waals surface area contributed by atoms with E-state index in [0.717, 1.165) is 53.1 Å². The van der Waals surface area contributed by atoms with Crippen LogP contribution in [0.15, 0.2) is 47.8 Å². The molecule has 1 aliphatic rings. The second-order valence-electron chi connectivity index (χ2n) is 8.23. The monoisotopic (exact) mass is 447 g/mol. The number of rotatable bonds is 6. The standard InChI is InChI=1S/C24H25N5O2S/c1-16-25-11-13-28(16)14-17-6-8-18(9-7-17)27-21(30)10-12-29-15-26-23-22(24(29)31)19-4-2-3-5-20(19)32-23/h6-9,11,13,15H,2-5,10,12,14H2,1H3,(H,27,30). The lowest BCUT2D eigenvalue weighted by molar-refractivity contribution is -0.116. The summed E-state index contributed by atoms with van der Waals surface area (Å²) in [6.07, 6.45) is 9.82. The molecule has 3 heterocycles. The number of carbonyl (C=O) groups is 1. The minimum atomic E-state index is -0.123. The number of nitrogens with zero attached hydrogens (tertiary/aromatic N) is 4. The number of thiophene rings is 1. The van der Waals surface area contributed by atoms with Crippen LogP contribution in [0.1, 0.15) is 41.1 Å². The van der Waals surface area contributed by atoms with E-state index in [1.54, 1.807) is 28.4 Å². The molecule has 1 N–H and O–H groups in total. The van der Waals surface area contributed by atoms with Crippen molar-refractivity contribution in [3.63, 3.8) is 0 Å². The van der Waals surface area contributed by atoms with Crippen LogP contribution in [0, 0.1) is 6.92 Å². The fourth-order valence-electron chi connectivity index (χ4n) is 4.25. The molecule has 0 aliphatic heterocycles. The van der Waals surface area contributed by atoms with Crippen LogP contribution in [-0.4, -0.2) is 25.0 Å². The summed E-state index contributed by atoms with van der Waals surface area (Å²) in [6.45, 7) is 3.03. The van der Waals surface area contributed by atoms with E-state index >= 15 is 0 Å². The largest absolute Gasteiger partial charge is 0.331 e. The number of aryl methyl sites for hydroxylation is 4. The van der Waals surface area contributed by atoms with Gasteiger partial charge in [0.2, 0.25) is 5.91 Å². The van der Waals surface area contributed by atoms with Gasteiger partial charge in [-0.05, 0) is 55.9 Å². The predicted molar refractivity (Wildman–Crippen MR) is 126 cm³/mol. The highest BCUT2D eigenvalue weighted by atomic mass is 32.1. The van der Waals surface area contributed by atoms with Gasteiger partial charge in [-0.25, -0.2) is 9.97 Å². The van der Waals surface area contributed by atoms with E-state index in [9.17, 15) is 9.59 Å². The van der Waals surface area contributed by atoms with Crippen LogP contribution in [0.3, 0.4) is 0 Å². The Bertz CT molecular complexity index is 1330. The molecular weight excluding hydrogens is 422 g/mol. The molecule has 5 rings (SSSR count). The second kappa shape index (κ2) is 8.70. The highest BCUT2D eigenvalue weighted by Crippen LogP contribution is 2.33. The first-order valence-corrected chi connectivity index (χ1v) is 11.8. The molecule has 4 aromatic rings. The summed E-state index contributed by atoms with van der Waals surface area (Å²) in [7, 11) is 0. The van der Waals surface area contributed by atoms with Gasteiger partial charge in [-0.2, -0.15) is 0 Å². The van der Waals surface area contributed by atoms with Gasteiger partial charge in [-0.15, -0.1) is 11.3 Å². The lowest BCUT2D eigenvalue weighted by Crippen LogP contribution is -2.24. The fourth-order valence-corrected chi connectivity index (χ4v) is 5.47. The Morgan fingerprint density at radius 2 is 1.94 bits per heavy atom. The number of hydrogen-bond acceptors (Lipinski definition) is 5. The van der Waals surface area contributed by atoms with E-state index in [0.29, 0.717) is 6.54 Å². The number of benzene rings is 1. The summed E-state index contributed by atoms with van der Waals surface area (Å²) in [5.74, 6) is 0.843. The van der Waals surface area contributed by atoms with Crippen molar-refractivity contribution < 1.29 is 4.79 Å². The predicted octanol–water partition coefficient (Wildman–Crippen LogP) is 3.92. The molecule has 164 valence electrons. The Hall–Kier alpha value is -3.26. The summed E-state index contributed by atoms with van der Waals surface area (Å²) < 4.78 is 3.64. The molecule has 0 bridgehead atoms. The summed E-state index contributed by atoms with van der Waals surface area (Å²) in [6, 6.07) is 7.79. The van der Waals surface area contributed by atoms with E-state index < -0.39 is 0 Å². The summed E-state index contributed by atoms with van der Waals surface area (Å²) in [5, 5.41) is 3.68. The van der Waals surface area contributed by atoms with Crippen LogP contribution in [0.25, 0.3) is 10.2 Å². The Labute approximate surface area is 189 Å². The van der Waals surface area contributed by atoms with Gasteiger partial charge in [0.15, 0.2) is 0 Å². The van der Waals surface area contributed by atoms with Crippen LogP contribution < -0.4 is 10.9 Å². The normalized spacial score (nSPS) is 13.3.